The van der Waals surface area contributed by atoms with Gasteiger partial charge < -0.3 is 14.4 Å². The molecule has 0 aliphatic carbocycles. The highest BCUT2D eigenvalue weighted by Crippen LogP contribution is 2.14. The van der Waals surface area contributed by atoms with Gasteiger partial charge in [0.05, 0.1) is 18.8 Å². The zero-order chi connectivity index (χ0) is 11.1. The van der Waals surface area contributed by atoms with Gasteiger partial charge in [-0.25, -0.2) is 0 Å². The van der Waals surface area contributed by atoms with E-state index in [9.17, 15) is 0 Å². The van der Waals surface area contributed by atoms with Crippen molar-refractivity contribution in [1.82, 2.24) is 4.90 Å². The standard InChI is InChI=1S/C12H25NO2/c1-4-14-10-9-13-7-5-12(6-8-13)15-11(2)3/h11-12H,4-10H2,1-3H3. The predicted octanol–water partition coefficient (Wildman–Crippen LogP) is 1.91. The molecule has 1 saturated heterocycles. The first-order valence-electron chi connectivity index (χ1n) is 6.18. The summed E-state index contributed by atoms with van der Waals surface area (Å²) in [6.07, 6.45) is 3.19. The molecule has 0 bridgehead atoms. The molecule has 90 valence electrons. The minimum Gasteiger partial charge on any atom is -0.380 e. The molecule has 0 saturated carbocycles. The van der Waals surface area contributed by atoms with Crippen LogP contribution < -0.4 is 0 Å². The van der Waals surface area contributed by atoms with Crippen LogP contribution in [0.1, 0.15) is 33.6 Å². The van der Waals surface area contributed by atoms with E-state index in [1.54, 1.807) is 0 Å². The molecule has 0 radical (unpaired) electrons. The van der Waals surface area contributed by atoms with Crippen molar-refractivity contribution in [2.75, 3.05) is 32.8 Å². The molecule has 0 aromatic carbocycles. The fourth-order valence-electron chi connectivity index (χ4n) is 1.99. The molecule has 1 rings (SSSR count). The molecule has 0 aromatic heterocycles. The lowest BCUT2D eigenvalue weighted by Crippen LogP contribution is -2.39. The largest absolute Gasteiger partial charge is 0.380 e. The monoisotopic (exact) mass is 215 g/mol. The summed E-state index contributed by atoms with van der Waals surface area (Å²) in [6.45, 7) is 11.3. The van der Waals surface area contributed by atoms with Crippen molar-refractivity contribution in [3.05, 3.63) is 0 Å². The summed E-state index contributed by atoms with van der Waals surface area (Å²) in [7, 11) is 0. The Morgan fingerprint density at radius 2 is 1.93 bits per heavy atom. The number of rotatable bonds is 6. The lowest BCUT2D eigenvalue weighted by molar-refractivity contribution is -0.0299. The molecule has 3 nitrogen and oxygen atoms in total. The molecule has 0 aromatic rings. The molecule has 0 amide bonds. The molecule has 1 fully saturated rings. The summed E-state index contributed by atoms with van der Waals surface area (Å²) in [5.41, 5.74) is 0. The van der Waals surface area contributed by atoms with E-state index in [4.69, 9.17) is 9.47 Å². The second kappa shape index (κ2) is 7.20. The summed E-state index contributed by atoms with van der Waals surface area (Å²) in [5.74, 6) is 0. The summed E-state index contributed by atoms with van der Waals surface area (Å²) in [6, 6.07) is 0. The minimum absolute atomic E-state index is 0.366. The zero-order valence-corrected chi connectivity index (χ0v) is 10.4. The number of piperidine rings is 1. The molecule has 15 heavy (non-hydrogen) atoms. The Morgan fingerprint density at radius 1 is 1.27 bits per heavy atom. The molecule has 0 spiro atoms. The highest BCUT2D eigenvalue weighted by molar-refractivity contribution is 4.72. The second-order valence-electron chi connectivity index (χ2n) is 4.42. The van der Waals surface area contributed by atoms with Crippen LogP contribution >= 0.6 is 0 Å². The summed E-state index contributed by atoms with van der Waals surface area (Å²) in [4.78, 5) is 2.47. The lowest BCUT2D eigenvalue weighted by atomic mass is 10.1. The molecule has 0 atom stereocenters. The first-order chi connectivity index (χ1) is 7.22. The Kier molecular flexibility index (Phi) is 6.22. The van der Waals surface area contributed by atoms with Gasteiger partial charge in [-0.2, -0.15) is 0 Å². The molecule has 0 N–H and O–H groups in total. The molecule has 0 unspecified atom stereocenters. The Balaban J connectivity index is 2.07. The van der Waals surface area contributed by atoms with Gasteiger partial charge in [-0.1, -0.05) is 0 Å². The average Bonchev–Trinajstić information content (AvgIpc) is 2.20. The first kappa shape index (κ1) is 12.9. The maximum absolute atomic E-state index is 5.81. The summed E-state index contributed by atoms with van der Waals surface area (Å²) >= 11 is 0. The maximum atomic E-state index is 5.81. The van der Waals surface area contributed by atoms with Crippen molar-refractivity contribution in [2.45, 2.75) is 45.8 Å². The van der Waals surface area contributed by atoms with Gasteiger partial charge >= 0.3 is 0 Å². The predicted molar refractivity (Wildman–Crippen MR) is 62.2 cm³/mol. The third kappa shape index (κ3) is 5.50. The highest BCUT2D eigenvalue weighted by atomic mass is 16.5. The van der Waals surface area contributed by atoms with Crippen LogP contribution in [0.5, 0.6) is 0 Å². The van der Waals surface area contributed by atoms with Crippen molar-refractivity contribution >= 4 is 0 Å². The zero-order valence-electron chi connectivity index (χ0n) is 10.4. The van der Waals surface area contributed by atoms with E-state index in [-0.39, 0.29) is 0 Å². The smallest absolute Gasteiger partial charge is 0.0603 e. The third-order valence-electron chi connectivity index (χ3n) is 2.76. The third-order valence-corrected chi connectivity index (χ3v) is 2.76. The van der Waals surface area contributed by atoms with Gasteiger partial charge in [-0.05, 0) is 33.6 Å². The van der Waals surface area contributed by atoms with Gasteiger partial charge in [0.2, 0.25) is 0 Å². The van der Waals surface area contributed by atoms with E-state index in [0.717, 1.165) is 32.8 Å². The lowest BCUT2D eigenvalue weighted by Gasteiger charge is -2.32. The van der Waals surface area contributed by atoms with Crippen molar-refractivity contribution in [3.63, 3.8) is 0 Å². The van der Waals surface area contributed by atoms with Gasteiger partial charge in [0, 0.05) is 26.2 Å². The van der Waals surface area contributed by atoms with Crippen LogP contribution in [-0.2, 0) is 9.47 Å². The van der Waals surface area contributed by atoms with E-state index < -0.39 is 0 Å². The summed E-state index contributed by atoms with van der Waals surface area (Å²) in [5, 5.41) is 0. The number of hydrogen-bond acceptors (Lipinski definition) is 3. The van der Waals surface area contributed by atoms with Crippen LogP contribution in [0.15, 0.2) is 0 Å². The van der Waals surface area contributed by atoms with Crippen molar-refractivity contribution in [1.29, 1.82) is 0 Å². The quantitative estimate of drug-likeness (QED) is 0.632. The fraction of sp³-hybridized carbons (Fsp3) is 1.00. The average molecular weight is 215 g/mol. The van der Waals surface area contributed by atoms with E-state index in [2.05, 4.69) is 18.7 Å². The van der Waals surface area contributed by atoms with Gasteiger partial charge in [-0.15, -0.1) is 0 Å². The number of nitrogens with zero attached hydrogens (tertiary/aromatic N) is 1. The maximum Gasteiger partial charge on any atom is 0.0603 e. The SMILES string of the molecule is CCOCCN1CCC(OC(C)C)CC1. The van der Waals surface area contributed by atoms with Gasteiger partial charge in [0.25, 0.3) is 0 Å². The van der Waals surface area contributed by atoms with E-state index in [1.165, 1.54) is 12.8 Å². The molecular formula is C12H25NO2. The van der Waals surface area contributed by atoms with Crippen LogP contribution in [0.25, 0.3) is 0 Å². The van der Waals surface area contributed by atoms with Crippen LogP contribution in [-0.4, -0.2) is 50.0 Å². The van der Waals surface area contributed by atoms with Crippen molar-refractivity contribution in [2.24, 2.45) is 0 Å². The van der Waals surface area contributed by atoms with Crippen LogP contribution in [0.4, 0.5) is 0 Å². The minimum atomic E-state index is 0.366. The topological polar surface area (TPSA) is 21.7 Å². The van der Waals surface area contributed by atoms with E-state index in [0.29, 0.717) is 12.2 Å². The van der Waals surface area contributed by atoms with Gasteiger partial charge in [0.1, 0.15) is 0 Å². The number of ether oxygens (including phenoxy) is 2. The van der Waals surface area contributed by atoms with E-state index >= 15 is 0 Å². The molecular weight excluding hydrogens is 190 g/mol. The number of likely N-dealkylation sites (tertiary alicyclic amines) is 1. The van der Waals surface area contributed by atoms with Crippen molar-refractivity contribution in [3.8, 4) is 0 Å². The molecule has 1 aliphatic rings. The fourth-order valence-corrected chi connectivity index (χ4v) is 1.99. The Labute approximate surface area is 93.7 Å². The van der Waals surface area contributed by atoms with Gasteiger partial charge in [0.15, 0.2) is 0 Å². The first-order valence-corrected chi connectivity index (χ1v) is 6.18. The van der Waals surface area contributed by atoms with Gasteiger partial charge in [-0.3, -0.25) is 0 Å². The Bertz CT molecular complexity index is 154. The second-order valence-corrected chi connectivity index (χ2v) is 4.42. The van der Waals surface area contributed by atoms with Crippen LogP contribution in [0.3, 0.4) is 0 Å². The molecule has 1 aliphatic heterocycles. The number of hydrogen-bond donors (Lipinski definition) is 0. The molecule has 3 heteroatoms. The highest BCUT2D eigenvalue weighted by Gasteiger charge is 2.19. The summed E-state index contributed by atoms with van der Waals surface area (Å²) < 4.78 is 11.2. The van der Waals surface area contributed by atoms with Crippen LogP contribution in [0, 0.1) is 0 Å². The Morgan fingerprint density at radius 3 is 2.47 bits per heavy atom. The molecule has 1 heterocycles. The Hall–Kier alpha value is -0.120. The van der Waals surface area contributed by atoms with Crippen molar-refractivity contribution < 1.29 is 9.47 Å². The van der Waals surface area contributed by atoms with E-state index in [1.807, 2.05) is 6.92 Å². The van der Waals surface area contributed by atoms with Crippen LogP contribution in [0.2, 0.25) is 0 Å². The normalized spacial score (nSPS) is 20.0.